The summed E-state index contributed by atoms with van der Waals surface area (Å²) in [6.45, 7) is 3.65. The number of fused-ring (bicyclic) bond motifs is 1. The standard InChI is InChI=1S/C11H12Cl2N2O/c1-2-3-14-6-10-15-9-5-7(12)4-8(13)11(9)16-10/h4-5,14H,2-3,6H2,1H3. The summed E-state index contributed by atoms with van der Waals surface area (Å²) in [5, 5.41) is 4.28. The molecule has 16 heavy (non-hydrogen) atoms. The molecule has 3 nitrogen and oxygen atoms in total. The lowest BCUT2D eigenvalue weighted by molar-refractivity contribution is 0.495. The van der Waals surface area contributed by atoms with Gasteiger partial charge in [-0.15, -0.1) is 0 Å². The Bertz CT molecular complexity index is 496. The summed E-state index contributed by atoms with van der Waals surface area (Å²) in [7, 11) is 0. The number of oxazole rings is 1. The van der Waals surface area contributed by atoms with Crippen LogP contribution in [0, 0.1) is 0 Å². The summed E-state index contributed by atoms with van der Waals surface area (Å²) < 4.78 is 5.54. The van der Waals surface area contributed by atoms with Gasteiger partial charge >= 0.3 is 0 Å². The minimum absolute atomic E-state index is 0.497. The largest absolute Gasteiger partial charge is 0.438 e. The van der Waals surface area contributed by atoms with Gasteiger partial charge in [0.15, 0.2) is 5.58 Å². The van der Waals surface area contributed by atoms with Gasteiger partial charge in [-0.05, 0) is 25.1 Å². The molecule has 0 unspecified atom stereocenters. The summed E-state index contributed by atoms with van der Waals surface area (Å²) >= 11 is 11.9. The Labute approximate surface area is 104 Å². The van der Waals surface area contributed by atoms with Gasteiger partial charge in [0.05, 0.1) is 11.6 Å². The average Bonchev–Trinajstić information content (AvgIpc) is 2.61. The molecule has 0 radical (unpaired) electrons. The zero-order chi connectivity index (χ0) is 11.5. The van der Waals surface area contributed by atoms with Crippen molar-refractivity contribution in [3.63, 3.8) is 0 Å². The van der Waals surface area contributed by atoms with E-state index in [4.69, 9.17) is 27.6 Å². The van der Waals surface area contributed by atoms with Crippen LogP contribution in [0.1, 0.15) is 19.2 Å². The van der Waals surface area contributed by atoms with Crippen molar-refractivity contribution >= 4 is 34.3 Å². The third-order valence-electron chi connectivity index (χ3n) is 2.16. The van der Waals surface area contributed by atoms with Gasteiger partial charge in [0.25, 0.3) is 0 Å². The highest BCUT2D eigenvalue weighted by molar-refractivity contribution is 6.37. The van der Waals surface area contributed by atoms with Crippen LogP contribution in [0.4, 0.5) is 0 Å². The molecule has 0 fully saturated rings. The molecule has 0 saturated carbocycles. The highest BCUT2D eigenvalue weighted by atomic mass is 35.5. The van der Waals surface area contributed by atoms with E-state index >= 15 is 0 Å². The zero-order valence-corrected chi connectivity index (χ0v) is 10.4. The fourth-order valence-corrected chi connectivity index (χ4v) is 1.97. The number of hydrogen-bond donors (Lipinski definition) is 1. The Morgan fingerprint density at radius 1 is 1.38 bits per heavy atom. The number of aromatic nitrogens is 1. The van der Waals surface area contributed by atoms with Crippen molar-refractivity contribution < 1.29 is 4.42 Å². The molecule has 0 amide bonds. The molecule has 1 N–H and O–H groups in total. The second-order valence-corrected chi connectivity index (χ2v) is 4.36. The average molecular weight is 259 g/mol. The second-order valence-electron chi connectivity index (χ2n) is 3.52. The first-order chi connectivity index (χ1) is 7.70. The summed E-state index contributed by atoms with van der Waals surface area (Å²) in [6.07, 6.45) is 1.08. The lowest BCUT2D eigenvalue weighted by Crippen LogP contribution is -2.13. The van der Waals surface area contributed by atoms with Crippen LogP contribution in [0.5, 0.6) is 0 Å². The third-order valence-corrected chi connectivity index (χ3v) is 2.66. The minimum atomic E-state index is 0.497. The molecule has 5 heteroatoms. The Balaban J connectivity index is 2.26. The molecule has 2 aromatic rings. The first-order valence-electron chi connectivity index (χ1n) is 5.16. The van der Waals surface area contributed by atoms with Gasteiger partial charge in [0.2, 0.25) is 5.89 Å². The van der Waals surface area contributed by atoms with Crippen LogP contribution >= 0.6 is 23.2 Å². The van der Waals surface area contributed by atoms with Crippen LogP contribution in [0.3, 0.4) is 0 Å². The summed E-state index contributed by atoms with van der Waals surface area (Å²) in [5.74, 6) is 0.632. The molecule has 0 aliphatic heterocycles. The zero-order valence-electron chi connectivity index (χ0n) is 8.89. The van der Waals surface area contributed by atoms with Crippen molar-refractivity contribution in [3.8, 4) is 0 Å². The third kappa shape index (κ3) is 2.48. The maximum atomic E-state index is 6.00. The molecule has 0 atom stereocenters. The van der Waals surface area contributed by atoms with E-state index < -0.39 is 0 Å². The number of rotatable bonds is 4. The summed E-state index contributed by atoms with van der Waals surface area (Å²) in [5.41, 5.74) is 1.30. The first kappa shape index (κ1) is 11.7. The van der Waals surface area contributed by atoms with Gasteiger partial charge in [-0.2, -0.15) is 0 Å². The van der Waals surface area contributed by atoms with Crippen molar-refractivity contribution in [1.82, 2.24) is 10.3 Å². The molecule has 0 spiro atoms. The van der Waals surface area contributed by atoms with Crippen LogP contribution in [0.2, 0.25) is 10.0 Å². The Hall–Kier alpha value is -0.770. The van der Waals surface area contributed by atoms with Crippen LogP contribution in [0.15, 0.2) is 16.5 Å². The van der Waals surface area contributed by atoms with Gasteiger partial charge in [0.1, 0.15) is 5.52 Å². The predicted octanol–water partition coefficient (Wildman–Crippen LogP) is 3.63. The molecule has 2 rings (SSSR count). The van der Waals surface area contributed by atoms with E-state index in [0.29, 0.717) is 33.6 Å². The van der Waals surface area contributed by atoms with Crippen LogP contribution in [0.25, 0.3) is 11.1 Å². The van der Waals surface area contributed by atoms with Gasteiger partial charge in [-0.25, -0.2) is 4.98 Å². The number of nitrogens with zero attached hydrogens (tertiary/aromatic N) is 1. The Kier molecular flexibility index (Phi) is 3.69. The lowest BCUT2D eigenvalue weighted by Gasteiger charge is -1.96. The van der Waals surface area contributed by atoms with Crippen LogP contribution in [-0.4, -0.2) is 11.5 Å². The molecule has 0 aliphatic carbocycles. The quantitative estimate of drug-likeness (QED) is 0.852. The fraction of sp³-hybridized carbons (Fsp3) is 0.364. The maximum absolute atomic E-state index is 6.00. The van der Waals surface area contributed by atoms with E-state index in [9.17, 15) is 0 Å². The highest BCUT2D eigenvalue weighted by Gasteiger charge is 2.09. The van der Waals surface area contributed by atoms with Crippen molar-refractivity contribution in [2.75, 3.05) is 6.54 Å². The molecule has 1 aromatic carbocycles. The van der Waals surface area contributed by atoms with Crippen molar-refractivity contribution in [3.05, 3.63) is 28.1 Å². The van der Waals surface area contributed by atoms with E-state index in [1.54, 1.807) is 12.1 Å². The fourth-order valence-electron chi connectivity index (χ4n) is 1.45. The Morgan fingerprint density at radius 3 is 2.94 bits per heavy atom. The van der Waals surface area contributed by atoms with Crippen LogP contribution < -0.4 is 5.32 Å². The first-order valence-corrected chi connectivity index (χ1v) is 5.91. The molecule has 0 saturated heterocycles. The topological polar surface area (TPSA) is 38.1 Å². The minimum Gasteiger partial charge on any atom is -0.438 e. The normalized spacial score (nSPS) is 11.2. The van der Waals surface area contributed by atoms with E-state index in [1.807, 2.05) is 0 Å². The maximum Gasteiger partial charge on any atom is 0.209 e. The van der Waals surface area contributed by atoms with Gasteiger partial charge in [-0.3, -0.25) is 0 Å². The number of hydrogen-bond acceptors (Lipinski definition) is 3. The summed E-state index contributed by atoms with van der Waals surface area (Å²) in [4.78, 5) is 4.31. The second kappa shape index (κ2) is 5.04. The van der Waals surface area contributed by atoms with Gasteiger partial charge < -0.3 is 9.73 Å². The summed E-state index contributed by atoms with van der Waals surface area (Å²) in [6, 6.07) is 3.40. The van der Waals surface area contributed by atoms with Crippen molar-refractivity contribution in [2.24, 2.45) is 0 Å². The van der Waals surface area contributed by atoms with Crippen LogP contribution in [-0.2, 0) is 6.54 Å². The molecular weight excluding hydrogens is 247 g/mol. The number of nitrogens with one attached hydrogen (secondary N) is 1. The monoisotopic (exact) mass is 258 g/mol. The van der Waals surface area contributed by atoms with Crippen molar-refractivity contribution in [2.45, 2.75) is 19.9 Å². The molecule has 1 aromatic heterocycles. The van der Waals surface area contributed by atoms with E-state index in [-0.39, 0.29) is 0 Å². The smallest absolute Gasteiger partial charge is 0.209 e. The number of halogens is 2. The Morgan fingerprint density at radius 2 is 2.19 bits per heavy atom. The SMILES string of the molecule is CCCNCc1nc2cc(Cl)cc(Cl)c2o1. The van der Waals surface area contributed by atoms with Gasteiger partial charge in [0, 0.05) is 5.02 Å². The molecular formula is C11H12Cl2N2O. The van der Waals surface area contributed by atoms with E-state index in [0.717, 1.165) is 13.0 Å². The predicted molar refractivity (Wildman–Crippen MR) is 66.0 cm³/mol. The molecule has 0 bridgehead atoms. The van der Waals surface area contributed by atoms with Crippen molar-refractivity contribution in [1.29, 1.82) is 0 Å². The number of benzene rings is 1. The molecule has 86 valence electrons. The van der Waals surface area contributed by atoms with E-state index in [1.165, 1.54) is 0 Å². The molecule has 1 heterocycles. The lowest BCUT2D eigenvalue weighted by atomic mass is 10.3. The highest BCUT2D eigenvalue weighted by Crippen LogP contribution is 2.28. The molecule has 0 aliphatic rings. The van der Waals surface area contributed by atoms with Gasteiger partial charge in [-0.1, -0.05) is 30.1 Å². The van der Waals surface area contributed by atoms with E-state index in [2.05, 4.69) is 17.2 Å².